The normalized spacial score (nSPS) is 11.7. The number of hydrogen-bond acceptors (Lipinski definition) is 3. The van der Waals surface area contributed by atoms with Crippen molar-refractivity contribution >= 4 is 24.1 Å². The van der Waals surface area contributed by atoms with Crippen molar-refractivity contribution in [2.45, 2.75) is 26.3 Å². The third-order valence-corrected chi connectivity index (χ3v) is 1.96. The quantitative estimate of drug-likeness (QED) is 0.806. The molecule has 1 amide bonds. The van der Waals surface area contributed by atoms with Gasteiger partial charge in [-0.15, -0.1) is 12.4 Å². The highest BCUT2D eigenvalue weighted by atomic mass is 35.5. The molecule has 86 valence electrons. The Balaban J connectivity index is 0.00000196. The second-order valence-corrected chi connectivity index (χ2v) is 3.28. The molecule has 0 unspecified atom stereocenters. The molecule has 1 aromatic heterocycles. The predicted octanol–water partition coefficient (Wildman–Crippen LogP) is 0.690. The Labute approximate surface area is 95.4 Å². The van der Waals surface area contributed by atoms with Crippen LogP contribution in [0.5, 0.6) is 0 Å². The maximum atomic E-state index is 11.3. The Kier molecular flexibility index (Phi) is 5.32. The number of rotatable bonds is 3. The summed E-state index contributed by atoms with van der Waals surface area (Å²) in [5, 5.41) is 6.90. The highest BCUT2D eigenvalue weighted by Crippen LogP contribution is 2.09. The number of hydrogen-bond donors (Lipinski definition) is 2. The smallest absolute Gasteiger partial charge is 0.242 e. The van der Waals surface area contributed by atoms with Gasteiger partial charge in [-0.25, -0.2) is 0 Å². The first-order valence-corrected chi connectivity index (χ1v) is 4.64. The van der Waals surface area contributed by atoms with Crippen molar-refractivity contribution in [3.63, 3.8) is 0 Å². The van der Waals surface area contributed by atoms with Gasteiger partial charge >= 0.3 is 0 Å². The van der Waals surface area contributed by atoms with Crippen LogP contribution in [0.1, 0.15) is 19.5 Å². The van der Waals surface area contributed by atoms with Crippen LogP contribution in [0.15, 0.2) is 6.07 Å². The summed E-state index contributed by atoms with van der Waals surface area (Å²) in [5.74, 6) is 0.486. The second kappa shape index (κ2) is 5.72. The Morgan fingerprint density at radius 3 is 2.73 bits per heavy atom. The van der Waals surface area contributed by atoms with Crippen LogP contribution in [0.4, 0.5) is 5.82 Å². The zero-order valence-electron chi connectivity index (χ0n) is 9.15. The molecule has 0 saturated heterocycles. The lowest BCUT2D eigenvalue weighted by atomic mass is 10.3. The van der Waals surface area contributed by atoms with Crippen molar-refractivity contribution in [2.24, 2.45) is 12.8 Å². The van der Waals surface area contributed by atoms with Crippen molar-refractivity contribution in [1.82, 2.24) is 9.78 Å². The van der Waals surface area contributed by atoms with E-state index in [0.717, 1.165) is 12.1 Å². The molecule has 1 atom stereocenters. The number of aryl methyl sites for hydroxylation is 2. The van der Waals surface area contributed by atoms with Gasteiger partial charge in [0.2, 0.25) is 5.91 Å². The molecule has 0 aliphatic carbocycles. The van der Waals surface area contributed by atoms with Crippen LogP contribution < -0.4 is 11.1 Å². The number of nitrogens with one attached hydrogen (secondary N) is 1. The zero-order chi connectivity index (χ0) is 10.7. The minimum Gasteiger partial charge on any atom is -0.320 e. The van der Waals surface area contributed by atoms with Crippen molar-refractivity contribution in [3.8, 4) is 0 Å². The summed E-state index contributed by atoms with van der Waals surface area (Å²) in [6, 6.07) is 1.34. The Morgan fingerprint density at radius 1 is 1.73 bits per heavy atom. The van der Waals surface area contributed by atoms with E-state index in [1.807, 2.05) is 13.0 Å². The Hall–Kier alpha value is -1.07. The van der Waals surface area contributed by atoms with E-state index in [4.69, 9.17) is 5.73 Å². The van der Waals surface area contributed by atoms with Crippen LogP contribution in [0.3, 0.4) is 0 Å². The third kappa shape index (κ3) is 3.53. The van der Waals surface area contributed by atoms with Gasteiger partial charge in [0.05, 0.1) is 11.7 Å². The molecule has 15 heavy (non-hydrogen) atoms. The molecule has 0 radical (unpaired) electrons. The van der Waals surface area contributed by atoms with Crippen LogP contribution in [0, 0.1) is 0 Å². The number of nitrogens with two attached hydrogens (primary N) is 1. The highest BCUT2D eigenvalue weighted by molar-refractivity contribution is 5.93. The molecule has 0 aromatic carbocycles. The third-order valence-electron chi connectivity index (χ3n) is 1.96. The lowest BCUT2D eigenvalue weighted by Crippen LogP contribution is -2.33. The molecule has 0 aliphatic heterocycles. The summed E-state index contributed by atoms with van der Waals surface area (Å²) in [4.78, 5) is 11.3. The van der Waals surface area contributed by atoms with Gasteiger partial charge in [0, 0.05) is 13.1 Å². The maximum absolute atomic E-state index is 11.3. The number of anilines is 1. The summed E-state index contributed by atoms with van der Waals surface area (Å²) in [5.41, 5.74) is 6.38. The largest absolute Gasteiger partial charge is 0.320 e. The van der Waals surface area contributed by atoms with Gasteiger partial charge in [-0.1, -0.05) is 6.92 Å². The lowest BCUT2D eigenvalue weighted by molar-refractivity contribution is -0.117. The van der Waals surface area contributed by atoms with E-state index >= 15 is 0 Å². The average molecular weight is 233 g/mol. The number of nitrogens with zero attached hydrogens (tertiary/aromatic N) is 2. The van der Waals surface area contributed by atoms with Crippen LogP contribution >= 0.6 is 12.4 Å². The molecular formula is C9H17ClN4O. The monoisotopic (exact) mass is 232 g/mol. The fourth-order valence-corrected chi connectivity index (χ4v) is 1.06. The number of halogens is 1. The first-order valence-electron chi connectivity index (χ1n) is 4.64. The van der Waals surface area contributed by atoms with Crippen molar-refractivity contribution in [2.75, 3.05) is 5.32 Å². The van der Waals surface area contributed by atoms with Crippen LogP contribution in [0.2, 0.25) is 0 Å². The molecule has 6 heteroatoms. The first kappa shape index (κ1) is 13.9. The molecule has 0 fully saturated rings. The SMILES string of the molecule is CCc1cc(NC(=O)[C@@H](C)N)n(C)n1.Cl. The van der Waals surface area contributed by atoms with Gasteiger partial charge < -0.3 is 11.1 Å². The zero-order valence-corrected chi connectivity index (χ0v) is 9.97. The number of carbonyl (C=O) groups excluding carboxylic acids is 1. The summed E-state index contributed by atoms with van der Waals surface area (Å²) in [6.07, 6.45) is 0.849. The fourth-order valence-electron chi connectivity index (χ4n) is 1.06. The van der Waals surface area contributed by atoms with Crippen LogP contribution in [0.25, 0.3) is 0 Å². The van der Waals surface area contributed by atoms with Gasteiger partial charge in [-0.05, 0) is 13.3 Å². The molecule has 1 heterocycles. The minimum absolute atomic E-state index is 0. The molecule has 0 aliphatic rings. The summed E-state index contributed by atoms with van der Waals surface area (Å²) in [7, 11) is 1.79. The number of carbonyl (C=O) groups is 1. The lowest BCUT2D eigenvalue weighted by Gasteiger charge is -2.06. The van der Waals surface area contributed by atoms with Gasteiger partial charge in [0.15, 0.2) is 0 Å². The number of amides is 1. The topological polar surface area (TPSA) is 72.9 Å². The van der Waals surface area contributed by atoms with E-state index in [2.05, 4.69) is 10.4 Å². The van der Waals surface area contributed by atoms with Crippen molar-refractivity contribution in [1.29, 1.82) is 0 Å². The first-order chi connectivity index (χ1) is 6.54. The van der Waals surface area contributed by atoms with E-state index < -0.39 is 6.04 Å². The van der Waals surface area contributed by atoms with E-state index in [1.165, 1.54) is 0 Å². The van der Waals surface area contributed by atoms with Crippen LogP contribution in [-0.4, -0.2) is 21.7 Å². The predicted molar refractivity (Wildman–Crippen MR) is 62.1 cm³/mol. The van der Waals surface area contributed by atoms with E-state index in [-0.39, 0.29) is 18.3 Å². The summed E-state index contributed by atoms with van der Waals surface area (Å²) < 4.78 is 1.64. The van der Waals surface area contributed by atoms with Gasteiger partial charge in [-0.3, -0.25) is 9.48 Å². The summed E-state index contributed by atoms with van der Waals surface area (Å²) >= 11 is 0. The molecule has 3 N–H and O–H groups in total. The van der Waals surface area contributed by atoms with E-state index in [1.54, 1.807) is 18.7 Å². The van der Waals surface area contributed by atoms with E-state index in [0.29, 0.717) is 5.82 Å². The van der Waals surface area contributed by atoms with Crippen molar-refractivity contribution < 1.29 is 4.79 Å². The molecular weight excluding hydrogens is 216 g/mol. The second-order valence-electron chi connectivity index (χ2n) is 3.28. The molecule has 0 spiro atoms. The molecule has 0 saturated carbocycles. The molecule has 5 nitrogen and oxygen atoms in total. The van der Waals surface area contributed by atoms with Crippen LogP contribution in [-0.2, 0) is 18.3 Å². The Bertz CT molecular complexity index is 335. The average Bonchev–Trinajstić information content (AvgIpc) is 2.47. The Morgan fingerprint density at radius 2 is 2.33 bits per heavy atom. The highest BCUT2D eigenvalue weighted by Gasteiger charge is 2.10. The van der Waals surface area contributed by atoms with E-state index in [9.17, 15) is 4.79 Å². The molecule has 1 rings (SSSR count). The number of aromatic nitrogens is 2. The molecule has 1 aromatic rings. The molecule has 0 bridgehead atoms. The van der Waals surface area contributed by atoms with Gasteiger partial charge in [-0.2, -0.15) is 5.10 Å². The fraction of sp³-hybridized carbons (Fsp3) is 0.556. The van der Waals surface area contributed by atoms with Crippen molar-refractivity contribution in [3.05, 3.63) is 11.8 Å². The van der Waals surface area contributed by atoms with Gasteiger partial charge in [0.1, 0.15) is 5.82 Å². The maximum Gasteiger partial charge on any atom is 0.242 e. The minimum atomic E-state index is -0.505. The standard InChI is InChI=1S/C9H16N4O.ClH/c1-4-7-5-8(13(3)12-7)11-9(14)6(2)10;/h5-6H,4,10H2,1-3H3,(H,11,14);1H/t6-;/m1./s1. The van der Waals surface area contributed by atoms with Gasteiger partial charge in [0.25, 0.3) is 0 Å². The summed E-state index contributed by atoms with van der Waals surface area (Å²) in [6.45, 7) is 3.66.